The van der Waals surface area contributed by atoms with E-state index in [0.717, 1.165) is 43.8 Å². The minimum Gasteiger partial charge on any atom is -0.477 e. The molecule has 3 aromatic carbocycles. The van der Waals surface area contributed by atoms with Gasteiger partial charge in [0.15, 0.2) is 0 Å². The summed E-state index contributed by atoms with van der Waals surface area (Å²) in [5, 5.41) is 18.2. The van der Waals surface area contributed by atoms with Crippen LogP contribution in [0, 0.1) is 25.2 Å². The van der Waals surface area contributed by atoms with E-state index in [1.807, 2.05) is 40.3 Å². The Labute approximate surface area is 234 Å². The largest absolute Gasteiger partial charge is 0.477 e. The summed E-state index contributed by atoms with van der Waals surface area (Å²) >= 11 is 1.45. The standard InChI is InChI=1S/C32H32N4O2S/c1-21-17-26(34(3)4)11-14-29(21)36(30-15-12-27(35(5)6)18-22(30)2)25-9-7-23(8-10-25)31-16-13-28(39-31)19-24(20-33)32(37)38/h7-19H,1-6H3,(H,37,38). The average Bonchev–Trinajstić information content (AvgIpc) is 3.37. The zero-order chi connectivity index (χ0) is 28.3. The molecule has 39 heavy (non-hydrogen) atoms. The zero-order valence-corrected chi connectivity index (χ0v) is 23.9. The molecule has 0 aliphatic heterocycles. The number of nitriles is 1. The highest BCUT2D eigenvalue weighted by Crippen LogP contribution is 2.41. The normalized spacial score (nSPS) is 11.2. The monoisotopic (exact) mass is 536 g/mol. The van der Waals surface area contributed by atoms with Crippen molar-refractivity contribution in [2.75, 3.05) is 42.9 Å². The van der Waals surface area contributed by atoms with E-state index >= 15 is 0 Å². The van der Waals surface area contributed by atoms with Crippen LogP contribution >= 0.6 is 11.3 Å². The Bertz CT molecular complexity index is 1520. The zero-order valence-electron chi connectivity index (χ0n) is 23.1. The molecule has 0 atom stereocenters. The molecule has 4 rings (SSSR count). The first-order valence-corrected chi connectivity index (χ1v) is 13.3. The van der Waals surface area contributed by atoms with Crippen molar-refractivity contribution >= 4 is 51.8 Å². The summed E-state index contributed by atoms with van der Waals surface area (Å²) in [6.07, 6.45) is 1.41. The van der Waals surface area contributed by atoms with Crippen molar-refractivity contribution in [1.29, 1.82) is 5.26 Å². The third-order valence-electron chi connectivity index (χ3n) is 6.55. The summed E-state index contributed by atoms with van der Waals surface area (Å²) in [6, 6.07) is 26.9. The van der Waals surface area contributed by atoms with E-state index in [-0.39, 0.29) is 5.57 Å². The maximum absolute atomic E-state index is 11.2. The number of aryl methyl sites for hydroxylation is 2. The van der Waals surface area contributed by atoms with Crippen molar-refractivity contribution in [2.24, 2.45) is 0 Å². The van der Waals surface area contributed by atoms with Gasteiger partial charge in [-0.2, -0.15) is 5.26 Å². The molecule has 0 saturated carbocycles. The van der Waals surface area contributed by atoms with Gasteiger partial charge in [0.25, 0.3) is 0 Å². The number of hydrogen-bond donors (Lipinski definition) is 1. The second-order valence-electron chi connectivity index (χ2n) is 9.79. The first-order chi connectivity index (χ1) is 18.6. The van der Waals surface area contributed by atoms with Gasteiger partial charge in [-0.25, -0.2) is 4.79 Å². The number of hydrogen-bond acceptors (Lipinski definition) is 6. The Balaban J connectivity index is 1.76. The molecule has 4 aromatic rings. The van der Waals surface area contributed by atoms with Crippen molar-refractivity contribution < 1.29 is 9.90 Å². The molecule has 0 aliphatic carbocycles. The van der Waals surface area contributed by atoms with Gasteiger partial charge in [0.05, 0.1) is 0 Å². The highest BCUT2D eigenvalue weighted by Gasteiger charge is 2.18. The molecule has 1 aromatic heterocycles. The van der Waals surface area contributed by atoms with Gasteiger partial charge in [0.1, 0.15) is 11.6 Å². The van der Waals surface area contributed by atoms with E-state index in [0.29, 0.717) is 0 Å². The van der Waals surface area contributed by atoms with Crippen LogP contribution in [0.25, 0.3) is 16.5 Å². The van der Waals surface area contributed by atoms with Crippen molar-refractivity contribution in [3.8, 4) is 16.5 Å². The molecule has 7 heteroatoms. The van der Waals surface area contributed by atoms with Crippen LogP contribution < -0.4 is 14.7 Å². The number of aliphatic carboxylic acids is 1. The highest BCUT2D eigenvalue weighted by atomic mass is 32.1. The molecule has 0 amide bonds. The van der Waals surface area contributed by atoms with Crippen LogP contribution in [0.4, 0.5) is 28.4 Å². The van der Waals surface area contributed by atoms with Crippen LogP contribution in [-0.2, 0) is 4.79 Å². The topological polar surface area (TPSA) is 70.8 Å². The lowest BCUT2D eigenvalue weighted by molar-refractivity contribution is -0.132. The molecule has 0 radical (unpaired) electrons. The van der Waals surface area contributed by atoms with Gasteiger partial charge in [-0.1, -0.05) is 12.1 Å². The van der Waals surface area contributed by atoms with Crippen LogP contribution in [-0.4, -0.2) is 39.3 Å². The van der Waals surface area contributed by atoms with Crippen molar-refractivity contribution in [2.45, 2.75) is 13.8 Å². The third kappa shape index (κ3) is 5.97. The van der Waals surface area contributed by atoms with Crippen molar-refractivity contribution in [3.05, 3.63) is 94.4 Å². The van der Waals surface area contributed by atoms with Gasteiger partial charge in [0.2, 0.25) is 0 Å². The molecule has 0 bridgehead atoms. The maximum atomic E-state index is 11.2. The molecule has 1 N–H and O–H groups in total. The van der Waals surface area contributed by atoms with Gasteiger partial charge < -0.3 is 19.8 Å². The van der Waals surface area contributed by atoms with Crippen molar-refractivity contribution in [1.82, 2.24) is 0 Å². The highest BCUT2D eigenvalue weighted by molar-refractivity contribution is 7.16. The number of carbonyl (C=O) groups is 1. The molecule has 198 valence electrons. The molecule has 0 spiro atoms. The summed E-state index contributed by atoms with van der Waals surface area (Å²) in [5.74, 6) is -1.22. The lowest BCUT2D eigenvalue weighted by Gasteiger charge is -2.30. The molecule has 0 unspecified atom stereocenters. The van der Waals surface area contributed by atoms with Gasteiger partial charge in [0, 0.05) is 66.4 Å². The number of anilines is 5. The van der Waals surface area contributed by atoms with Gasteiger partial charge >= 0.3 is 5.97 Å². The SMILES string of the molecule is Cc1cc(N(C)C)ccc1N(c1ccc(-c2ccc(C=C(C#N)C(=O)O)s2)cc1)c1ccc(N(C)C)cc1C. The van der Waals surface area contributed by atoms with Crippen LogP contribution in [0.1, 0.15) is 16.0 Å². The Morgan fingerprint density at radius 2 is 1.31 bits per heavy atom. The fourth-order valence-corrected chi connectivity index (χ4v) is 5.35. The first kappa shape index (κ1) is 27.5. The van der Waals surface area contributed by atoms with E-state index in [9.17, 15) is 4.79 Å². The molecular weight excluding hydrogens is 504 g/mol. The van der Waals surface area contributed by atoms with E-state index < -0.39 is 5.97 Å². The van der Waals surface area contributed by atoms with Crippen LogP contribution in [0.3, 0.4) is 0 Å². The van der Waals surface area contributed by atoms with Crippen LogP contribution in [0.2, 0.25) is 0 Å². The number of thiophene rings is 1. The predicted molar refractivity (Wildman–Crippen MR) is 164 cm³/mol. The van der Waals surface area contributed by atoms with Gasteiger partial charge in [-0.05, 0) is 97.3 Å². The van der Waals surface area contributed by atoms with Gasteiger partial charge in [-0.15, -0.1) is 11.3 Å². The average molecular weight is 537 g/mol. The van der Waals surface area contributed by atoms with Gasteiger partial charge in [-0.3, -0.25) is 0 Å². The minimum absolute atomic E-state index is 0.277. The molecule has 0 fully saturated rings. The number of rotatable bonds is 8. The minimum atomic E-state index is -1.22. The summed E-state index contributed by atoms with van der Waals surface area (Å²) in [5.41, 5.74) is 8.63. The third-order valence-corrected chi connectivity index (χ3v) is 7.63. The fraction of sp³-hybridized carbons (Fsp3) is 0.188. The Hall–Kier alpha value is -4.54. The quantitative estimate of drug-likeness (QED) is 0.184. The summed E-state index contributed by atoms with van der Waals surface area (Å²) in [7, 11) is 8.18. The summed E-state index contributed by atoms with van der Waals surface area (Å²) in [6.45, 7) is 4.28. The predicted octanol–water partition coefficient (Wildman–Crippen LogP) is 7.63. The smallest absolute Gasteiger partial charge is 0.346 e. The van der Waals surface area contributed by atoms with E-state index in [2.05, 4.69) is 89.2 Å². The second kappa shape index (κ2) is 11.5. The van der Waals surface area contributed by atoms with Crippen LogP contribution in [0.5, 0.6) is 0 Å². The fourth-order valence-electron chi connectivity index (χ4n) is 4.39. The summed E-state index contributed by atoms with van der Waals surface area (Å²) in [4.78, 5) is 19.4. The number of benzene rings is 3. The molecule has 0 saturated heterocycles. The number of nitrogens with zero attached hydrogens (tertiary/aromatic N) is 4. The Morgan fingerprint density at radius 3 is 1.74 bits per heavy atom. The molecule has 1 heterocycles. The van der Waals surface area contributed by atoms with E-state index in [1.165, 1.54) is 28.5 Å². The Kier molecular flexibility index (Phi) is 8.08. The summed E-state index contributed by atoms with van der Waals surface area (Å²) < 4.78 is 0. The lowest BCUT2D eigenvalue weighted by Crippen LogP contribution is -2.15. The van der Waals surface area contributed by atoms with E-state index in [1.54, 1.807) is 6.07 Å². The maximum Gasteiger partial charge on any atom is 0.346 e. The lowest BCUT2D eigenvalue weighted by atomic mass is 10.1. The molecular formula is C32H32N4O2S. The number of carboxylic acid groups (broad SMARTS) is 1. The second-order valence-corrected chi connectivity index (χ2v) is 10.9. The van der Waals surface area contributed by atoms with Crippen LogP contribution in [0.15, 0.2) is 78.4 Å². The number of carboxylic acids is 1. The van der Waals surface area contributed by atoms with Crippen molar-refractivity contribution in [3.63, 3.8) is 0 Å². The Morgan fingerprint density at radius 1 is 0.795 bits per heavy atom. The molecule has 6 nitrogen and oxygen atoms in total. The first-order valence-electron chi connectivity index (χ1n) is 12.5. The van der Waals surface area contributed by atoms with E-state index in [4.69, 9.17) is 10.4 Å². The molecule has 0 aliphatic rings.